The van der Waals surface area contributed by atoms with Crippen LogP contribution < -0.4 is 0 Å². The molecule has 23 heavy (non-hydrogen) atoms. The van der Waals surface area contributed by atoms with Gasteiger partial charge in [-0.1, -0.05) is 50.6 Å². The molecule has 1 heterocycles. The molecule has 1 aliphatic carbocycles. The first-order chi connectivity index (χ1) is 10.3. The number of nitrogens with zero attached hydrogens (tertiary/aromatic N) is 1. The van der Waals surface area contributed by atoms with E-state index in [2.05, 4.69) is 35.2 Å². The molecule has 1 saturated carbocycles. The van der Waals surface area contributed by atoms with Crippen molar-refractivity contribution in [3.8, 4) is 0 Å². The first kappa shape index (κ1) is 20.2. The van der Waals surface area contributed by atoms with Crippen molar-refractivity contribution in [1.29, 1.82) is 0 Å². The summed E-state index contributed by atoms with van der Waals surface area (Å²) in [5.41, 5.74) is 1.35. The zero-order valence-electron chi connectivity index (χ0n) is 13.4. The van der Waals surface area contributed by atoms with Crippen molar-refractivity contribution in [3.63, 3.8) is 0 Å². The van der Waals surface area contributed by atoms with Gasteiger partial charge in [-0.3, -0.25) is 4.90 Å². The summed E-state index contributed by atoms with van der Waals surface area (Å²) in [4.78, 5) is 2.46. The molecule has 1 saturated heterocycles. The Kier molecular flexibility index (Phi) is 8.89. The van der Waals surface area contributed by atoms with E-state index in [0.29, 0.717) is 12.1 Å². The second-order valence-corrected chi connectivity index (χ2v) is 6.43. The van der Waals surface area contributed by atoms with Crippen LogP contribution in [-0.4, -0.2) is 56.4 Å². The van der Waals surface area contributed by atoms with Crippen molar-refractivity contribution in [2.45, 2.75) is 64.2 Å². The molecule has 127 valence electrons. The second-order valence-electron chi connectivity index (χ2n) is 6.43. The quantitative estimate of drug-likeness (QED) is 0.848. The van der Waals surface area contributed by atoms with Crippen LogP contribution >= 0.6 is 0 Å². The van der Waals surface area contributed by atoms with Crippen LogP contribution in [0.4, 0.5) is 0 Å². The molecule has 0 spiro atoms. The van der Waals surface area contributed by atoms with Gasteiger partial charge < -0.3 is 9.84 Å². The van der Waals surface area contributed by atoms with E-state index < -0.39 is 0 Å². The molecule has 0 amide bonds. The van der Waals surface area contributed by atoms with E-state index in [1.54, 1.807) is 0 Å². The van der Waals surface area contributed by atoms with Crippen molar-refractivity contribution in [3.05, 3.63) is 35.9 Å². The molecule has 1 aromatic rings. The van der Waals surface area contributed by atoms with Crippen molar-refractivity contribution in [2.75, 3.05) is 19.7 Å². The predicted octanol–water partition coefficient (Wildman–Crippen LogP) is 2.88. The number of aliphatic hydroxyl groups is 1. The summed E-state index contributed by atoms with van der Waals surface area (Å²) in [5.74, 6) is 0. The van der Waals surface area contributed by atoms with Crippen LogP contribution in [0.5, 0.6) is 0 Å². The number of β-amino-alcohol motifs (C(OH)–C–C–N with tert-alkyl or cyclic N) is 1. The molecule has 3 nitrogen and oxygen atoms in total. The normalized spacial score (nSPS) is 28.0. The lowest BCUT2D eigenvalue weighted by atomic mass is 9.91. The van der Waals surface area contributed by atoms with Crippen LogP contribution in [0.25, 0.3) is 0 Å². The van der Waals surface area contributed by atoms with Crippen LogP contribution in [0, 0.1) is 0 Å². The maximum atomic E-state index is 9.76. The first-order valence-electron chi connectivity index (χ1n) is 8.40. The third-order valence-corrected chi connectivity index (χ3v) is 4.90. The fourth-order valence-electron chi connectivity index (χ4n) is 3.73. The number of hydrogen-bond acceptors (Lipinski definition) is 3. The maximum Gasteiger partial charge on any atom is 0.0730 e. The first-order valence-corrected chi connectivity index (χ1v) is 8.40. The zero-order valence-corrected chi connectivity index (χ0v) is 13.4. The third kappa shape index (κ3) is 5.63. The van der Waals surface area contributed by atoms with E-state index in [0.717, 1.165) is 32.5 Å². The van der Waals surface area contributed by atoms with Gasteiger partial charge in [-0.15, -0.1) is 0 Å². The Hall–Kier alpha value is -0.835. The minimum absolute atomic E-state index is 0. The van der Waals surface area contributed by atoms with Crippen molar-refractivity contribution >= 4 is 8.41 Å². The molecule has 2 aliphatic rings. The Morgan fingerprint density at radius 3 is 2.52 bits per heavy atom. The number of likely N-dealkylation sites (tertiary alicyclic amines) is 1. The van der Waals surface area contributed by atoms with Gasteiger partial charge in [0.05, 0.1) is 18.8 Å². The summed E-state index contributed by atoms with van der Waals surface area (Å²) in [6.07, 6.45) is 7.12. The Balaban J connectivity index is 0.00000132. The van der Waals surface area contributed by atoms with Gasteiger partial charge in [0.2, 0.25) is 0 Å². The average molecular weight is 316 g/mol. The van der Waals surface area contributed by atoms with Crippen LogP contribution in [-0.2, 0) is 11.2 Å². The van der Waals surface area contributed by atoms with Crippen LogP contribution in [0.1, 0.15) is 45.1 Å². The van der Waals surface area contributed by atoms with E-state index >= 15 is 0 Å². The Morgan fingerprint density at radius 2 is 1.83 bits per heavy atom. The third-order valence-electron chi connectivity index (χ3n) is 4.90. The van der Waals surface area contributed by atoms with Gasteiger partial charge in [-0.05, 0) is 31.2 Å². The molecular weight excluding hydrogens is 285 g/mol. The van der Waals surface area contributed by atoms with Gasteiger partial charge >= 0.3 is 0 Å². The van der Waals surface area contributed by atoms with Crippen molar-refractivity contribution in [2.24, 2.45) is 0 Å². The number of benzene rings is 1. The topological polar surface area (TPSA) is 32.7 Å². The molecule has 3 rings (SSSR count). The van der Waals surface area contributed by atoms with Gasteiger partial charge in [-0.25, -0.2) is 0 Å². The van der Waals surface area contributed by atoms with Crippen molar-refractivity contribution in [1.82, 2.24) is 4.90 Å². The number of hydrogen-bond donors (Lipinski definition) is 1. The molecule has 0 aromatic heterocycles. The molecule has 1 aromatic carbocycles. The highest BCUT2D eigenvalue weighted by atomic mass is 16.5. The molecule has 1 N–H and O–H groups in total. The number of rotatable bonds is 5. The molecule has 2 fully saturated rings. The van der Waals surface area contributed by atoms with E-state index in [-0.39, 0.29) is 21.9 Å². The Bertz CT molecular complexity index is 429. The fraction of sp³-hybridized carbons (Fsp3) is 0.684. The molecule has 1 aliphatic heterocycles. The lowest BCUT2D eigenvalue weighted by Crippen LogP contribution is -2.46. The number of aliphatic hydroxyl groups excluding tert-OH is 1. The fourth-order valence-corrected chi connectivity index (χ4v) is 3.73. The van der Waals surface area contributed by atoms with E-state index in [1.807, 2.05) is 0 Å². The summed E-state index contributed by atoms with van der Waals surface area (Å²) >= 11 is 0. The second kappa shape index (κ2) is 10.1. The van der Waals surface area contributed by atoms with Crippen molar-refractivity contribution < 1.29 is 9.84 Å². The standard InChI is InChI=1S/C18H27NO2.CH4.B/c20-16-10-12-19(14-16)17-8-4-5-9-18(17)21-13-11-15-6-2-1-3-7-15;;/h1-3,6-7,16-18,20H,4-5,8-14H2;1H4;/t16-,17-,18-;;/m1../s1. The van der Waals surface area contributed by atoms with Gasteiger partial charge in [-0.2, -0.15) is 0 Å². The summed E-state index contributed by atoms with van der Waals surface area (Å²) < 4.78 is 6.22. The SMILES string of the molecule is C.O[C@@H]1CCN([C@@H]2CCCC[C@H]2OCCc2ccccc2)C1.[B]. The van der Waals surface area contributed by atoms with Gasteiger partial charge in [0.1, 0.15) is 0 Å². The molecule has 0 unspecified atom stereocenters. The predicted molar refractivity (Wildman–Crippen MR) is 96.8 cm³/mol. The van der Waals surface area contributed by atoms with Crippen LogP contribution in [0.3, 0.4) is 0 Å². The largest absolute Gasteiger partial charge is 0.392 e. The summed E-state index contributed by atoms with van der Waals surface area (Å²) in [5, 5.41) is 9.76. The maximum absolute atomic E-state index is 9.76. The molecule has 0 bridgehead atoms. The van der Waals surface area contributed by atoms with E-state index in [1.165, 1.54) is 31.2 Å². The molecule has 4 heteroatoms. The molecular formula is C19H31BNO2. The van der Waals surface area contributed by atoms with Crippen LogP contribution in [0.2, 0.25) is 0 Å². The smallest absolute Gasteiger partial charge is 0.0730 e. The summed E-state index contributed by atoms with van der Waals surface area (Å²) in [6, 6.07) is 11.1. The minimum Gasteiger partial charge on any atom is -0.392 e. The Labute approximate surface area is 143 Å². The minimum atomic E-state index is -0.128. The average Bonchev–Trinajstić information content (AvgIpc) is 2.95. The highest BCUT2D eigenvalue weighted by molar-refractivity contribution is 5.75. The highest BCUT2D eigenvalue weighted by Crippen LogP contribution is 2.28. The lowest BCUT2D eigenvalue weighted by Gasteiger charge is -2.37. The summed E-state index contributed by atoms with van der Waals surface area (Å²) in [6.45, 7) is 2.68. The van der Waals surface area contributed by atoms with E-state index in [9.17, 15) is 5.11 Å². The monoisotopic (exact) mass is 316 g/mol. The highest BCUT2D eigenvalue weighted by Gasteiger charge is 2.34. The summed E-state index contributed by atoms with van der Waals surface area (Å²) in [7, 11) is 0. The van der Waals surface area contributed by atoms with Gasteiger partial charge in [0.25, 0.3) is 0 Å². The lowest BCUT2D eigenvalue weighted by molar-refractivity contribution is -0.0316. The number of ether oxygens (including phenoxy) is 1. The van der Waals surface area contributed by atoms with Crippen LogP contribution in [0.15, 0.2) is 30.3 Å². The molecule has 3 atom stereocenters. The van der Waals surface area contributed by atoms with Gasteiger partial charge in [0.15, 0.2) is 0 Å². The van der Waals surface area contributed by atoms with Gasteiger partial charge in [0, 0.05) is 27.5 Å². The van der Waals surface area contributed by atoms with E-state index in [4.69, 9.17) is 4.74 Å². The zero-order chi connectivity index (χ0) is 14.5. The Morgan fingerprint density at radius 1 is 1.09 bits per heavy atom. The molecule has 3 radical (unpaired) electrons.